The first kappa shape index (κ1) is 23.3. The number of hydrogen-bond acceptors (Lipinski definition) is 6. The van der Waals surface area contributed by atoms with Crippen molar-refractivity contribution in [2.24, 2.45) is 0 Å². The molecule has 0 bridgehead atoms. The average Bonchev–Trinajstić information content (AvgIpc) is 2.76. The zero-order chi connectivity index (χ0) is 23.8. The fourth-order valence-corrected chi connectivity index (χ4v) is 4.66. The quantitative estimate of drug-likeness (QED) is 0.636. The number of piperidine rings is 2. The van der Waals surface area contributed by atoms with Gasteiger partial charge in [0.15, 0.2) is 11.6 Å². The highest BCUT2D eigenvalue weighted by Gasteiger charge is 2.37. The Morgan fingerprint density at radius 3 is 2.64 bits per heavy atom. The van der Waals surface area contributed by atoms with Gasteiger partial charge in [0, 0.05) is 36.4 Å². The van der Waals surface area contributed by atoms with Gasteiger partial charge < -0.3 is 20.9 Å². The summed E-state index contributed by atoms with van der Waals surface area (Å²) in [6.07, 6.45) is -0.734. The lowest BCUT2D eigenvalue weighted by Crippen LogP contribution is -2.56. The van der Waals surface area contributed by atoms with Crippen LogP contribution in [0.25, 0.3) is 0 Å². The number of rotatable bonds is 4. The summed E-state index contributed by atoms with van der Waals surface area (Å²) >= 11 is 5.87. The number of nitrogens with two attached hydrogens (primary N) is 1. The fourth-order valence-electron chi connectivity index (χ4n) is 4.43. The van der Waals surface area contributed by atoms with E-state index in [1.54, 1.807) is 9.80 Å². The van der Waals surface area contributed by atoms with E-state index in [1.807, 2.05) is 0 Å². The first-order valence-electron chi connectivity index (χ1n) is 10.6. The minimum Gasteiger partial charge on any atom is -0.381 e. The van der Waals surface area contributed by atoms with Crippen LogP contribution in [0.2, 0.25) is 5.02 Å². The smallest absolute Gasteiger partial charge is 0.381 e. The fraction of sp³-hybridized carbons (Fsp3) is 0.476. The molecule has 12 heteroatoms. The van der Waals surface area contributed by atoms with E-state index in [0.29, 0.717) is 32.5 Å². The summed E-state index contributed by atoms with van der Waals surface area (Å²) in [5.74, 6) is -1.03. The third kappa shape index (κ3) is 5.07. The molecular weight excluding hydrogens is 464 g/mol. The molecule has 3 N–H and O–H groups in total. The Bertz CT molecular complexity index is 1040. The van der Waals surface area contributed by atoms with E-state index in [2.05, 4.69) is 15.3 Å². The van der Waals surface area contributed by atoms with Crippen LogP contribution in [0.5, 0.6) is 0 Å². The molecule has 0 aliphatic carbocycles. The number of nitrogens with zero attached hydrogens (tertiary/aromatic N) is 4. The summed E-state index contributed by atoms with van der Waals surface area (Å²) in [6.45, 7) is 1.46. The molecule has 1 aromatic carbocycles. The van der Waals surface area contributed by atoms with Crippen molar-refractivity contribution in [3.63, 3.8) is 0 Å². The second kappa shape index (κ2) is 9.20. The Morgan fingerprint density at radius 2 is 1.88 bits per heavy atom. The molecule has 0 radical (unpaired) electrons. The molecule has 2 fully saturated rings. The highest BCUT2D eigenvalue weighted by Crippen LogP contribution is 2.34. The molecule has 0 saturated carbocycles. The van der Waals surface area contributed by atoms with Gasteiger partial charge in [0.05, 0.1) is 5.56 Å². The second-order valence-electron chi connectivity index (χ2n) is 8.24. The zero-order valence-corrected chi connectivity index (χ0v) is 18.3. The van der Waals surface area contributed by atoms with Crippen LogP contribution in [0, 0.1) is 5.82 Å². The van der Waals surface area contributed by atoms with Gasteiger partial charge in [-0.2, -0.15) is 17.6 Å². The van der Waals surface area contributed by atoms with Gasteiger partial charge in [-0.1, -0.05) is 11.6 Å². The van der Waals surface area contributed by atoms with Gasteiger partial charge in [-0.3, -0.25) is 4.79 Å². The van der Waals surface area contributed by atoms with Crippen molar-refractivity contribution < 1.29 is 22.4 Å². The van der Waals surface area contributed by atoms with E-state index in [9.17, 15) is 22.4 Å². The normalized spacial score (nSPS) is 21.9. The van der Waals surface area contributed by atoms with Crippen LogP contribution in [0.15, 0.2) is 24.5 Å². The zero-order valence-electron chi connectivity index (χ0n) is 17.6. The maximum absolute atomic E-state index is 14.4. The summed E-state index contributed by atoms with van der Waals surface area (Å²) in [7, 11) is 0. The third-order valence-corrected chi connectivity index (χ3v) is 6.19. The van der Waals surface area contributed by atoms with Crippen molar-refractivity contribution in [3.05, 3.63) is 40.9 Å². The van der Waals surface area contributed by atoms with Crippen molar-refractivity contribution in [2.45, 2.75) is 43.9 Å². The van der Waals surface area contributed by atoms with Crippen LogP contribution in [0.4, 0.5) is 34.9 Å². The van der Waals surface area contributed by atoms with Crippen molar-refractivity contribution in [1.82, 2.24) is 14.9 Å². The molecule has 178 valence electrons. The lowest BCUT2D eigenvalue weighted by atomic mass is 9.97. The minimum absolute atomic E-state index is 0.0680. The Kier molecular flexibility index (Phi) is 6.51. The van der Waals surface area contributed by atoms with Crippen LogP contribution < -0.4 is 16.0 Å². The van der Waals surface area contributed by atoms with E-state index in [4.69, 9.17) is 17.3 Å². The van der Waals surface area contributed by atoms with Gasteiger partial charge in [-0.15, -0.1) is 0 Å². The van der Waals surface area contributed by atoms with E-state index in [0.717, 1.165) is 25.0 Å². The molecule has 4 rings (SSSR count). The Labute approximate surface area is 192 Å². The highest BCUT2D eigenvalue weighted by atomic mass is 35.5. The topological polar surface area (TPSA) is 87.4 Å². The number of halogens is 5. The first-order chi connectivity index (χ1) is 15.6. The van der Waals surface area contributed by atoms with Gasteiger partial charge in [0.25, 0.3) is 0 Å². The van der Waals surface area contributed by atoms with Gasteiger partial charge in [-0.25, -0.2) is 9.97 Å². The summed E-state index contributed by atoms with van der Waals surface area (Å²) in [4.78, 5) is 24.4. The summed E-state index contributed by atoms with van der Waals surface area (Å²) in [5.41, 5.74) is 4.82. The molecule has 2 aliphatic heterocycles. The number of likely N-dealkylation sites (tertiary alicyclic amines) is 1. The molecule has 0 spiro atoms. The van der Waals surface area contributed by atoms with E-state index in [1.165, 1.54) is 12.4 Å². The molecule has 3 heterocycles. The predicted octanol–water partition coefficient (Wildman–Crippen LogP) is 3.94. The molecule has 2 aliphatic rings. The van der Waals surface area contributed by atoms with E-state index >= 15 is 0 Å². The monoisotopic (exact) mass is 486 g/mol. The number of aromatic nitrogens is 2. The number of carbonyl (C=O) groups is 1. The lowest BCUT2D eigenvalue weighted by molar-refractivity contribution is -0.137. The number of nitrogen functional groups attached to an aromatic ring is 1. The number of carbonyl (C=O) groups excluding carboxylic acids is 1. The lowest BCUT2D eigenvalue weighted by Gasteiger charge is -2.43. The first-order valence-corrected chi connectivity index (χ1v) is 11.0. The Morgan fingerprint density at radius 1 is 1.12 bits per heavy atom. The summed E-state index contributed by atoms with van der Waals surface area (Å²) in [6, 6.07) is 2.30. The van der Waals surface area contributed by atoms with Crippen LogP contribution in [-0.2, 0) is 11.0 Å². The van der Waals surface area contributed by atoms with E-state index < -0.39 is 23.6 Å². The molecule has 2 aromatic rings. The molecule has 1 aromatic heterocycles. The third-order valence-electron chi connectivity index (χ3n) is 5.97. The standard InChI is InChI=1S/C21H23ClF4N6O/c22-13-7-12(21(24,25)26)8-14(9-13)30-16-4-2-6-32(20(16)33)15-3-1-5-31(10-15)19-17(23)18(27)28-11-29-19/h7-9,11,15-16,30H,1-6,10H2,(H2,27,28,29)/t15-,16?/m1/s1. The van der Waals surface area contributed by atoms with Crippen molar-refractivity contribution >= 4 is 34.8 Å². The molecule has 7 nitrogen and oxygen atoms in total. The van der Waals surface area contributed by atoms with Crippen LogP contribution >= 0.6 is 11.6 Å². The van der Waals surface area contributed by atoms with Crippen LogP contribution in [-0.4, -0.2) is 52.5 Å². The number of hydrogen-bond donors (Lipinski definition) is 2. The maximum Gasteiger partial charge on any atom is 0.416 e. The van der Waals surface area contributed by atoms with E-state index in [-0.39, 0.29) is 34.3 Å². The number of alkyl halides is 3. The minimum atomic E-state index is -4.55. The molecule has 2 atom stereocenters. The average molecular weight is 487 g/mol. The summed E-state index contributed by atoms with van der Waals surface area (Å²) in [5, 5.41) is 2.86. The van der Waals surface area contributed by atoms with Crippen molar-refractivity contribution in [1.29, 1.82) is 0 Å². The Balaban J connectivity index is 1.48. The van der Waals surface area contributed by atoms with Crippen LogP contribution in [0.1, 0.15) is 31.2 Å². The van der Waals surface area contributed by atoms with Gasteiger partial charge in [0.1, 0.15) is 12.4 Å². The number of amides is 1. The Hall–Kier alpha value is -2.82. The predicted molar refractivity (Wildman–Crippen MR) is 116 cm³/mol. The van der Waals surface area contributed by atoms with Crippen molar-refractivity contribution in [3.8, 4) is 0 Å². The molecular formula is C21H23ClF4N6O. The van der Waals surface area contributed by atoms with Gasteiger partial charge in [0.2, 0.25) is 11.7 Å². The number of benzene rings is 1. The highest BCUT2D eigenvalue weighted by molar-refractivity contribution is 6.31. The summed E-state index contributed by atoms with van der Waals surface area (Å²) < 4.78 is 53.8. The van der Waals surface area contributed by atoms with Crippen LogP contribution in [0.3, 0.4) is 0 Å². The number of anilines is 3. The SMILES string of the molecule is Nc1ncnc(N2CCC[C@@H](N3CCCC(Nc4cc(Cl)cc(C(F)(F)F)c4)C3=O)C2)c1F. The van der Waals surface area contributed by atoms with Crippen molar-refractivity contribution in [2.75, 3.05) is 35.6 Å². The molecule has 1 amide bonds. The van der Waals surface area contributed by atoms with Gasteiger partial charge in [-0.05, 0) is 43.9 Å². The maximum atomic E-state index is 14.4. The second-order valence-corrected chi connectivity index (χ2v) is 8.67. The molecule has 33 heavy (non-hydrogen) atoms. The molecule has 1 unspecified atom stereocenters. The number of nitrogens with one attached hydrogen (secondary N) is 1. The van der Waals surface area contributed by atoms with Gasteiger partial charge >= 0.3 is 6.18 Å². The molecule has 2 saturated heterocycles. The largest absolute Gasteiger partial charge is 0.416 e.